The molecule has 0 radical (unpaired) electrons. The van der Waals surface area contributed by atoms with Gasteiger partial charge in [-0.05, 0) is 80.6 Å². The maximum absolute atomic E-state index is 12.2. The van der Waals surface area contributed by atoms with Crippen LogP contribution in [0, 0.1) is 0 Å². The first-order valence-corrected chi connectivity index (χ1v) is 11.5. The summed E-state index contributed by atoms with van der Waals surface area (Å²) >= 11 is 0.963. The maximum Gasteiger partial charge on any atom is 0.319 e. The molecule has 1 fully saturated rings. The van der Waals surface area contributed by atoms with Crippen molar-refractivity contribution in [3.05, 3.63) is 41.7 Å². The summed E-state index contributed by atoms with van der Waals surface area (Å²) in [5.41, 5.74) is 7.27. The molecule has 0 unspecified atom stereocenters. The molecular formula is C22H27N5O4S. The van der Waals surface area contributed by atoms with Crippen LogP contribution in [0.3, 0.4) is 0 Å². The predicted molar refractivity (Wildman–Crippen MR) is 123 cm³/mol. The molecule has 2 aromatic heterocycles. The van der Waals surface area contributed by atoms with Gasteiger partial charge >= 0.3 is 6.03 Å². The number of aromatic nitrogens is 1. The minimum absolute atomic E-state index is 0.0728. The summed E-state index contributed by atoms with van der Waals surface area (Å²) in [6.07, 6.45) is 6.12. The number of fused-ring (bicyclic) bond motifs is 1. The first-order chi connectivity index (χ1) is 15.6. The smallest absolute Gasteiger partial charge is 0.319 e. The Morgan fingerprint density at radius 2 is 2.06 bits per heavy atom. The van der Waals surface area contributed by atoms with Gasteiger partial charge in [-0.2, -0.15) is 4.37 Å². The van der Waals surface area contributed by atoms with Gasteiger partial charge in [-0.15, -0.1) is 0 Å². The minimum Gasteiger partial charge on any atom is -0.472 e. The lowest BCUT2D eigenvalue weighted by Crippen LogP contribution is -2.30. The van der Waals surface area contributed by atoms with Crippen LogP contribution >= 0.6 is 11.5 Å². The highest BCUT2D eigenvalue weighted by molar-refractivity contribution is 7.11. The Morgan fingerprint density at radius 3 is 2.88 bits per heavy atom. The average Bonchev–Trinajstić information content (AvgIpc) is 3.52. The number of benzene rings is 1. The molecule has 3 aromatic rings. The van der Waals surface area contributed by atoms with E-state index >= 15 is 0 Å². The highest BCUT2D eigenvalue weighted by Crippen LogP contribution is 2.31. The van der Waals surface area contributed by atoms with Crippen LogP contribution < -0.4 is 21.1 Å². The number of nitrogens with one attached hydrogen (secondary N) is 2. The van der Waals surface area contributed by atoms with Gasteiger partial charge in [0, 0.05) is 11.9 Å². The molecule has 32 heavy (non-hydrogen) atoms. The topological polar surface area (TPSA) is 123 Å². The molecular weight excluding hydrogens is 430 g/mol. The molecule has 1 aliphatic heterocycles. The fourth-order valence-corrected chi connectivity index (χ4v) is 4.49. The van der Waals surface area contributed by atoms with E-state index in [1.807, 2.05) is 24.3 Å². The monoisotopic (exact) mass is 457 g/mol. The van der Waals surface area contributed by atoms with Crippen molar-refractivity contribution in [3.8, 4) is 5.88 Å². The van der Waals surface area contributed by atoms with Crippen LogP contribution in [0.15, 0.2) is 34.9 Å². The van der Waals surface area contributed by atoms with Crippen LogP contribution in [0.2, 0.25) is 0 Å². The molecule has 4 rings (SSSR count). The normalized spacial score (nSPS) is 14.0. The third-order valence-electron chi connectivity index (χ3n) is 5.41. The van der Waals surface area contributed by atoms with E-state index in [4.69, 9.17) is 14.9 Å². The number of rotatable bonds is 10. The van der Waals surface area contributed by atoms with Gasteiger partial charge in [0.15, 0.2) is 0 Å². The number of hydrogen-bond acceptors (Lipinski definition) is 7. The van der Waals surface area contributed by atoms with E-state index < -0.39 is 11.9 Å². The number of carbonyl (C=O) groups excluding carboxylic acids is 2. The zero-order chi connectivity index (χ0) is 22.3. The summed E-state index contributed by atoms with van der Waals surface area (Å²) in [6.45, 7) is 4.19. The number of nitrogens with two attached hydrogens (primary N) is 1. The number of unbranched alkanes of at least 4 members (excludes halogenated alkanes) is 1. The average molecular weight is 458 g/mol. The van der Waals surface area contributed by atoms with Crippen molar-refractivity contribution >= 4 is 39.4 Å². The first-order valence-electron chi connectivity index (χ1n) is 10.8. The summed E-state index contributed by atoms with van der Waals surface area (Å²) in [6, 6.07) is 7.13. The van der Waals surface area contributed by atoms with Crippen LogP contribution in [0.4, 0.5) is 9.80 Å². The lowest BCUT2D eigenvalue weighted by molar-refractivity contribution is 0.0996. The fraction of sp³-hybridized carbons (Fsp3) is 0.409. The van der Waals surface area contributed by atoms with Crippen LogP contribution in [0.25, 0.3) is 11.0 Å². The largest absolute Gasteiger partial charge is 0.472 e. The highest BCUT2D eigenvalue weighted by atomic mass is 32.1. The molecule has 9 nitrogen and oxygen atoms in total. The minimum atomic E-state index is -0.708. The van der Waals surface area contributed by atoms with E-state index in [1.165, 1.54) is 25.9 Å². The van der Waals surface area contributed by atoms with Crippen LogP contribution in [0.5, 0.6) is 5.88 Å². The molecule has 3 heterocycles. The third kappa shape index (κ3) is 5.57. The summed E-state index contributed by atoms with van der Waals surface area (Å²) in [5, 5.41) is 6.71. The molecule has 4 N–H and O–H groups in total. The second-order valence-electron chi connectivity index (χ2n) is 7.77. The number of anilines is 1. The Labute approximate surface area is 190 Å². The van der Waals surface area contributed by atoms with Crippen LogP contribution in [-0.2, 0) is 6.61 Å². The lowest BCUT2D eigenvalue weighted by atomic mass is 10.2. The number of amides is 3. The summed E-state index contributed by atoms with van der Waals surface area (Å²) in [7, 11) is 0. The molecule has 10 heteroatoms. The summed E-state index contributed by atoms with van der Waals surface area (Å²) < 4.78 is 15.2. The zero-order valence-electron chi connectivity index (χ0n) is 17.8. The van der Waals surface area contributed by atoms with Gasteiger partial charge in [-0.25, -0.2) is 4.79 Å². The van der Waals surface area contributed by atoms with E-state index in [9.17, 15) is 9.59 Å². The van der Waals surface area contributed by atoms with Gasteiger partial charge in [0.05, 0.1) is 6.26 Å². The molecule has 0 spiro atoms. The number of carbonyl (C=O) groups is 2. The number of nitrogens with zero attached hydrogens (tertiary/aromatic N) is 2. The quantitative estimate of drug-likeness (QED) is 0.400. The first kappa shape index (κ1) is 22.1. The van der Waals surface area contributed by atoms with Gasteiger partial charge in [0.2, 0.25) is 5.88 Å². The number of furan rings is 1. The Kier molecular flexibility index (Phi) is 7.23. The van der Waals surface area contributed by atoms with Gasteiger partial charge < -0.3 is 25.1 Å². The van der Waals surface area contributed by atoms with Crippen molar-refractivity contribution in [2.24, 2.45) is 5.73 Å². The number of urea groups is 1. The van der Waals surface area contributed by atoms with Gasteiger partial charge in [-0.1, -0.05) is 6.07 Å². The van der Waals surface area contributed by atoms with Crippen LogP contribution in [0.1, 0.15) is 41.6 Å². The van der Waals surface area contributed by atoms with Gasteiger partial charge in [0.25, 0.3) is 5.91 Å². The molecule has 1 saturated heterocycles. The SMILES string of the molecule is NC(=O)c1c(OCc2ccc3occc3c2)nsc1NC(=O)NCCCCN1CCCC1. The molecule has 0 bridgehead atoms. The fourth-order valence-electron chi connectivity index (χ4n) is 3.75. The second kappa shape index (κ2) is 10.5. The lowest BCUT2D eigenvalue weighted by Gasteiger charge is -2.14. The van der Waals surface area contributed by atoms with E-state index in [2.05, 4.69) is 19.9 Å². The summed E-state index contributed by atoms with van der Waals surface area (Å²) in [4.78, 5) is 26.7. The summed E-state index contributed by atoms with van der Waals surface area (Å²) in [5.74, 6) is -0.601. The van der Waals surface area contributed by atoms with E-state index in [0.717, 1.165) is 47.5 Å². The number of hydrogen-bond donors (Lipinski definition) is 3. The Morgan fingerprint density at radius 1 is 1.22 bits per heavy atom. The molecule has 170 valence electrons. The second-order valence-corrected chi connectivity index (χ2v) is 8.55. The van der Waals surface area contributed by atoms with Gasteiger partial charge in [0.1, 0.15) is 22.8 Å². The molecule has 3 amide bonds. The van der Waals surface area contributed by atoms with Gasteiger partial charge in [-0.3, -0.25) is 10.1 Å². The number of primary amides is 1. The van der Waals surface area contributed by atoms with Crippen molar-refractivity contribution in [1.82, 2.24) is 14.6 Å². The number of ether oxygens (including phenoxy) is 1. The van der Waals surface area contributed by atoms with Crippen molar-refractivity contribution < 1.29 is 18.7 Å². The van der Waals surface area contributed by atoms with E-state index in [1.54, 1.807) is 6.26 Å². The predicted octanol–water partition coefficient (Wildman–Crippen LogP) is 3.56. The number of likely N-dealkylation sites (tertiary alicyclic amines) is 1. The standard InChI is InChI=1S/C22H27N5O4S/c23-19(28)18-20(31-14-15-5-6-17-16(13-15)7-12-30-17)26-32-21(18)25-22(29)24-8-1-2-9-27-10-3-4-11-27/h5-7,12-13H,1-4,8-11,14H2,(H2,23,28)(H2,24,25,29). The Bertz CT molecular complexity index is 1070. The van der Waals surface area contributed by atoms with Crippen molar-refractivity contribution in [3.63, 3.8) is 0 Å². The third-order valence-corrected chi connectivity index (χ3v) is 6.16. The maximum atomic E-state index is 12.2. The molecule has 0 saturated carbocycles. The van der Waals surface area contributed by atoms with Crippen molar-refractivity contribution in [2.75, 3.05) is 31.5 Å². The molecule has 1 aromatic carbocycles. The Balaban J connectivity index is 1.27. The zero-order valence-corrected chi connectivity index (χ0v) is 18.6. The van der Waals surface area contributed by atoms with Crippen molar-refractivity contribution in [2.45, 2.75) is 32.3 Å². The van der Waals surface area contributed by atoms with Crippen molar-refractivity contribution in [1.29, 1.82) is 0 Å². The van der Waals surface area contributed by atoms with E-state index in [0.29, 0.717) is 6.54 Å². The highest BCUT2D eigenvalue weighted by Gasteiger charge is 2.22. The molecule has 1 aliphatic rings. The van der Waals surface area contributed by atoms with Crippen LogP contribution in [-0.4, -0.2) is 47.4 Å². The Hall–Kier alpha value is -3.11. The molecule has 0 aliphatic carbocycles. The van der Waals surface area contributed by atoms with E-state index in [-0.39, 0.29) is 23.1 Å². The molecule has 0 atom stereocenters.